The average molecular weight is 501 g/mol. The van der Waals surface area contributed by atoms with Crippen molar-refractivity contribution in [2.45, 2.75) is 13.5 Å². The highest BCUT2D eigenvalue weighted by Gasteiger charge is 2.18. The monoisotopic (exact) mass is 500 g/mol. The number of rotatable bonds is 7. The maximum Gasteiger partial charge on any atom is 0.262 e. The number of carbonyl (C=O) groups is 1. The van der Waals surface area contributed by atoms with Crippen molar-refractivity contribution in [1.82, 2.24) is 4.68 Å². The van der Waals surface area contributed by atoms with Crippen LogP contribution in [0.3, 0.4) is 0 Å². The minimum atomic E-state index is -0.194. The van der Waals surface area contributed by atoms with Gasteiger partial charge in [-0.2, -0.15) is 5.10 Å². The van der Waals surface area contributed by atoms with E-state index in [-0.39, 0.29) is 18.3 Å². The number of ether oxygens (including phenoxy) is 2. The zero-order chi connectivity index (χ0) is 24.9. The summed E-state index contributed by atoms with van der Waals surface area (Å²) in [6.45, 7) is 2.90. The zero-order valence-corrected chi connectivity index (χ0v) is 20.4. The smallest absolute Gasteiger partial charge is 0.262 e. The fourth-order valence-corrected chi connectivity index (χ4v) is 4.55. The Morgan fingerprint density at radius 3 is 2.83 bits per heavy atom. The fraction of sp³-hybridized carbons (Fsp3) is 0.148. The Morgan fingerprint density at radius 2 is 2.03 bits per heavy atom. The molecular formula is C27H24N4O4S. The molecule has 0 bridgehead atoms. The van der Waals surface area contributed by atoms with Gasteiger partial charge < -0.3 is 19.9 Å². The van der Waals surface area contributed by atoms with E-state index in [0.29, 0.717) is 40.7 Å². The summed E-state index contributed by atoms with van der Waals surface area (Å²) in [4.78, 5) is 17.3. The minimum absolute atomic E-state index is 0.00316. The van der Waals surface area contributed by atoms with Gasteiger partial charge in [-0.1, -0.05) is 30.3 Å². The van der Waals surface area contributed by atoms with E-state index in [2.05, 4.69) is 10.4 Å². The highest BCUT2D eigenvalue weighted by molar-refractivity contribution is 7.07. The maximum atomic E-state index is 11.8. The Hall–Kier alpha value is -4.37. The number of nitrogens with one attached hydrogen (secondary N) is 1. The zero-order valence-electron chi connectivity index (χ0n) is 19.5. The molecule has 36 heavy (non-hydrogen) atoms. The SMILES string of the molecule is CCOc1ccc(C=Nn2c(-c3ccc4c(c3)NC(=O)CO4)csc2=NCc2ccccc2)c(O)c1. The number of carbonyl (C=O) groups excluding carboxylic acids is 1. The van der Waals surface area contributed by atoms with E-state index in [1.165, 1.54) is 11.3 Å². The quantitative estimate of drug-likeness (QED) is 0.362. The van der Waals surface area contributed by atoms with Crippen LogP contribution in [0.5, 0.6) is 17.2 Å². The lowest BCUT2D eigenvalue weighted by molar-refractivity contribution is -0.118. The van der Waals surface area contributed by atoms with Gasteiger partial charge in [0, 0.05) is 22.6 Å². The van der Waals surface area contributed by atoms with Gasteiger partial charge in [0.15, 0.2) is 6.61 Å². The molecule has 4 aromatic rings. The van der Waals surface area contributed by atoms with E-state index in [0.717, 1.165) is 16.8 Å². The Bertz CT molecular complexity index is 1490. The molecular weight excluding hydrogens is 476 g/mol. The second kappa shape index (κ2) is 10.5. The van der Waals surface area contributed by atoms with Gasteiger partial charge in [-0.25, -0.2) is 4.68 Å². The van der Waals surface area contributed by atoms with Gasteiger partial charge in [-0.15, -0.1) is 11.3 Å². The molecule has 9 heteroatoms. The second-order valence-electron chi connectivity index (χ2n) is 7.96. The standard InChI is InChI=1S/C27H24N4O4S/c1-2-34-21-10-8-20(24(32)13-21)15-29-31-23(17-36-27(31)28-14-18-6-4-3-5-7-18)19-9-11-25-22(12-19)30-26(33)16-35-25/h3-13,15,17,32H,2,14,16H2,1H3,(H,30,33). The molecule has 0 unspecified atom stereocenters. The van der Waals surface area contributed by atoms with Crippen molar-refractivity contribution in [2.75, 3.05) is 18.5 Å². The van der Waals surface area contributed by atoms with Crippen molar-refractivity contribution < 1.29 is 19.4 Å². The van der Waals surface area contributed by atoms with Gasteiger partial charge in [0.1, 0.15) is 17.2 Å². The molecule has 2 N–H and O–H groups in total. The summed E-state index contributed by atoms with van der Waals surface area (Å²) < 4.78 is 12.7. The minimum Gasteiger partial charge on any atom is -0.507 e. The Kier molecular flexibility index (Phi) is 6.81. The summed E-state index contributed by atoms with van der Waals surface area (Å²) in [5.41, 5.74) is 3.86. The summed E-state index contributed by atoms with van der Waals surface area (Å²) in [6.07, 6.45) is 1.59. The van der Waals surface area contributed by atoms with Gasteiger partial charge in [0.2, 0.25) is 4.80 Å². The summed E-state index contributed by atoms with van der Waals surface area (Å²) in [5.74, 6) is 1.09. The molecule has 8 nitrogen and oxygen atoms in total. The molecule has 0 spiro atoms. The number of amides is 1. The van der Waals surface area contributed by atoms with Crippen molar-refractivity contribution in [1.29, 1.82) is 0 Å². The Morgan fingerprint density at radius 1 is 1.17 bits per heavy atom. The number of thiazole rings is 1. The highest BCUT2D eigenvalue weighted by atomic mass is 32.1. The van der Waals surface area contributed by atoms with Crippen LogP contribution in [0.2, 0.25) is 0 Å². The molecule has 1 aliphatic heterocycles. The van der Waals surface area contributed by atoms with E-state index in [1.54, 1.807) is 29.1 Å². The van der Waals surface area contributed by atoms with Gasteiger partial charge in [-0.05, 0) is 42.8 Å². The largest absolute Gasteiger partial charge is 0.507 e. The van der Waals surface area contributed by atoms with Gasteiger partial charge in [-0.3, -0.25) is 9.79 Å². The van der Waals surface area contributed by atoms with Crippen LogP contribution in [-0.4, -0.2) is 35.1 Å². The number of phenols is 1. The second-order valence-corrected chi connectivity index (χ2v) is 8.80. The van der Waals surface area contributed by atoms with Gasteiger partial charge >= 0.3 is 0 Å². The molecule has 0 fully saturated rings. The first kappa shape index (κ1) is 23.4. The lowest BCUT2D eigenvalue weighted by Gasteiger charge is -2.18. The molecule has 5 rings (SSSR count). The predicted octanol–water partition coefficient (Wildman–Crippen LogP) is 4.63. The molecule has 1 aromatic heterocycles. The number of benzene rings is 3. The van der Waals surface area contributed by atoms with Crippen LogP contribution in [0.4, 0.5) is 5.69 Å². The molecule has 0 atom stereocenters. The lowest BCUT2D eigenvalue weighted by Crippen LogP contribution is -2.25. The van der Waals surface area contributed by atoms with Crippen molar-refractivity contribution >= 4 is 29.1 Å². The third kappa shape index (κ3) is 5.16. The van der Waals surface area contributed by atoms with Gasteiger partial charge in [0.25, 0.3) is 5.91 Å². The highest BCUT2D eigenvalue weighted by Crippen LogP contribution is 2.33. The topological polar surface area (TPSA) is 97.4 Å². The summed E-state index contributed by atoms with van der Waals surface area (Å²) >= 11 is 1.46. The van der Waals surface area contributed by atoms with E-state index in [9.17, 15) is 9.90 Å². The number of hydrogen-bond acceptors (Lipinski definition) is 7. The van der Waals surface area contributed by atoms with Crippen molar-refractivity contribution in [3.63, 3.8) is 0 Å². The molecule has 1 amide bonds. The molecule has 1 aliphatic rings. The molecule has 2 heterocycles. The number of anilines is 1. The number of phenolic OH excluding ortho intramolecular Hbond substituents is 1. The van der Waals surface area contributed by atoms with Crippen molar-refractivity contribution in [3.8, 4) is 28.5 Å². The first-order valence-electron chi connectivity index (χ1n) is 11.4. The summed E-state index contributed by atoms with van der Waals surface area (Å²) in [7, 11) is 0. The molecule has 182 valence electrons. The van der Waals surface area contributed by atoms with Crippen LogP contribution >= 0.6 is 11.3 Å². The third-order valence-electron chi connectivity index (χ3n) is 5.46. The van der Waals surface area contributed by atoms with Crippen molar-refractivity contribution in [2.24, 2.45) is 10.1 Å². The Labute approximate surface area is 211 Å². The number of fused-ring (bicyclic) bond motifs is 1. The van der Waals surface area contributed by atoms with E-state index in [1.807, 2.05) is 60.8 Å². The number of aromatic hydroxyl groups is 1. The average Bonchev–Trinajstić information content (AvgIpc) is 3.30. The first-order valence-corrected chi connectivity index (χ1v) is 12.3. The molecule has 0 saturated heterocycles. The molecule has 0 radical (unpaired) electrons. The molecule has 3 aromatic carbocycles. The van der Waals surface area contributed by atoms with Crippen molar-refractivity contribution in [3.05, 3.63) is 88.0 Å². The third-order valence-corrected chi connectivity index (χ3v) is 6.31. The molecule has 0 aliphatic carbocycles. The first-order chi connectivity index (χ1) is 17.6. The summed E-state index contributed by atoms with van der Waals surface area (Å²) in [5, 5.41) is 19.9. The van der Waals surface area contributed by atoms with Crippen LogP contribution in [0.25, 0.3) is 11.3 Å². The fourth-order valence-electron chi connectivity index (χ4n) is 3.71. The van der Waals surface area contributed by atoms with E-state index < -0.39 is 0 Å². The predicted molar refractivity (Wildman–Crippen MR) is 140 cm³/mol. The van der Waals surface area contributed by atoms with Crippen LogP contribution < -0.4 is 19.6 Å². The normalized spacial score (nSPS) is 13.4. The molecule has 0 saturated carbocycles. The summed E-state index contributed by atoms with van der Waals surface area (Å²) in [6, 6.07) is 20.7. The maximum absolute atomic E-state index is 11.8. The number of hydrogen-bond donors (Lipinski definition) is 2. The van der Waals surface area contributed by atoms with Crippen LogP contribution in [0.15, 0.2) is 82.2 Å². The number of nitrogens with zero attached hydrogens (tertiary/aromatic N) is 3. The van der Waals surface area contributed by atoms with Crippen LogP contribution in [-0.2, 0) is 11.3 Å². The van der Waals surface area contributed by atoms with Crippen LogP contribution in [0.1, 0.15) is 18.1 Å². The van der Waals surface area contributed by atoms with E-state index in [4.69, 9.17) is 14.5 Å². The van der Waals surface area contributed by atoms with E-state index >= 15 is 0 Å². The lowest BCUT2D eigenvalue weighted by atomic mass is 10.1. The Balaban J connectivity index is 1.55. The van der Waals surface area contributed by atoms with Crippen LogP contribution in [0, 0.1) is 0 Å². The van der Waals surface area contributed by atoms with Gasteiger partial charge in [0.05, 0.1) is 30.7 Å². The number of aromatic nitrogens is 1.